The van der Waals surface area contributed by atoms with Gasteiger partial charge in [0.05, 0.1) is 12.0 Å². The predicted octanol–water partition coefficient (Wildman–Crippen LogP) is 0.516. The summed E-state index contributed by atoms with van der Waals surface area (Å²) in [6, 6.07) is 4.27. The summed E-state index contributed by atoms with van der Waals surface area (Å²) in [4.78, 5) is 12.3. The van der Waals surface area contributed by atoms with Crippen LogP contribution >= 0.6 is 0 Å². The highest BCUT2D eigenvalue weighted by atomic mass is 32.2. The molecule has 0 aliphatic carbocycles. The first kappa shape index (κ1) is 22.5. The molecule has 0 radical (unpaired) electrons. The summed E-state index contributed by atoms with van der Waals surface area (Å²) in [5.74, 6) is 4.00. The molecule has 0 saturated carbocycles. The van der Waals surface area contributed by atoms with E-state index in [1.54, 1.807) is 20.8 Å². The molecule has 1 N–H and O–H groups in total. The van der Waals surface area contributed by atoms with Crippen LogP contribution in [0.1, 0.15) is 20.8 Å². The van der Waals surface area contributed by atoms with Crippen molar-refractivity contribution in [1.29, 1.82) is 0 Å². The molecule has 10 heteroatoms. The van der Waals surface area contributed by atoms with Crippen LogP contribution in [0.25, 0.3) is 0 Å². The number of hydrogen-bond acceptors (Lipinski definition) is 8. The van der Waals surface area contributed by atoms with E-state index >= 15 is 0 Å². The number of aliphatic hydroxyl groups is 1. The van der Waals surface area contributed by atoms with Gasteiger partial charge in [0.25, 0.3) is 0 Å². The van der Waals surface area contributed by atoms with E-state index in [9.17, 15) is 18.3 Å². The number of nitrogens with zero attached hydrogens (tertiary/aromatic N) is 1. The Hall–Kier alpha value is -2.16. The fourth-order valence-electron chi connectivity index (χ4n) is 3.59. The topological polar surface area (TPSA) is 112 Å². The van der Waals surface area contributed by atoms with Gasteiger partial charge in [0.15, 0.2) is 11.8 Å². The zero-order valence-corrected chi connectivity index (χ0v) is 18.0. The number of fused-ring (bicyclic) bond motifs is 1. The first-order valence-corrected chi connectivity index (χ1v) is 10.8. The van der Waals surface area contributed by atoms with Crippen LogP contribution in [-0.4, -0.2) is 74.2 Å². The number of rotatable bonds is 5. The van der Waals surface area contributed by atoms with Gasteiger partial charge in [0.1, 0.15) is 30.7 Å². The molecule has 3 rings (SSSR count). The number of carbonyl (C=O) groups is 1. The quantitative estimate of drug-likeness (QED) is 0.522. The SMILES string of the molecule is CC#CCOc1ccc(S(=O)(=O)N2C[C@H]3OC(C)(C)O[C@H]3[C@H](O)[C@@H]2C(=O)OC)cc1. The first-order chi connectivity index (χ1) is 14.1. The lowest BCUT2D eigenvalue weighted by Crippen LogP contribution is -2.64. The summed E-state index contributed by atoms with van der Waals surface area (Å²) < 4.78 is 49.2. The van der Waals surface area contributed by atoms with E-state index in [1.807, 2.05) is 0 Å². The van der Waals surface area contributed by atoms with Crippen molar-refractivity contribution in [2.24, 2.45) is 0 Å². The van der Waals surface area contributed by atoms with E-state index in [0.29, 0.717) is 5.75 Å². The van der Waals surface area contributed by atoms with Crippen molar-refractivity contribution in [2.75, 3.05) is 20.3 Å². The van der Waals surface area contributed by atoms with Crippen LogP contribution in [0, 0.1) is 11.8 Å². The minimum atomic E-state index is -4.16. The second-order valence-corrected chi connectivity index (χ2v) is 9.25. The summed E-state index contributed by atoms with van der Waals surface area (Å²) in [5, 5.41) is 10.8. The van der Waals surface area contributed by atoms with Gasteiger partial charge in [-0.05, 0) is 45.0 Å². The van der Waals surface area contributed by atoms with Gasteiger partial charge in [-0.15, -0.1) is 5.92 Å². The summed E-state index contributed by atoms with van der Waals surface area (Å²) in [5.41, 5.74) is 0. The number of benzene rings is 1. The second-order valence-electron chi connectivity index (χ2n) is 7.36. The molecule has 1 aromatic carbocycles. The molecule has 30 heavy (non-hydrogen) atoms. The molecular formula is C20H25NO8S. The maximum absolute atomic E-state index is 13.3. The molecule has 0 bridgehead atoms. The van der Waals surface area contributed by atoms with Crippen molar-refractivity contribution < 1.29 is 37.3 Å². The Morgan fingerprint density at radius 1 is 1.30 bits per heavy atom. The summed E-state index contributed by atoms with van der Waals surface area (Å²) in [7, 11) is -3.03. The number of esters is 1. The Morgan fingerprint density at radius 2 is 1.97 bits per heavy atom. The fraction of sp³-hybridized carbons (Fsp3) is 0.550. The van der Waals surface area contributed by atoms with Crippen LogP contribution in [0.4, 0.5) is 0 Å². The van der Waals surface area contributed by atoms with Gasteiger partial charge in [-0.2, -0.15) is 4.31 Å². The lowest BCUT2D eigenvalue weighted by molar-refractivity contribution is -0.164. The van der Waals surface area contributed by atoms with Gasteiger partial charge in [0.2, 0.25) is 10.0 Å². The maximum Gasteiger partial charge on any atom is 0.326 e. The fourth-order valence-corrected chi connectivity index (χ4v) is 5.20. The van der Waals surface area contributed by atoms with Gasteiger partial charge in [-0.3, -0.25) is 4.79 Å². The number of methoxy groups -OCH3 is 1. The summed E-state index contributed by atoms with van der Waals surface area (Å²) >= 11 is 0. The standard InChI is InChI=1S/C20H25NO8S/c1-5-6-11-27-13-7-9-14(10-8-13)30(24,25)21-12-15-18(29-20(2,3)28-15)17(22)16(21)19(23)26-4/h7-10,15-18,22H,11-12H2,1-4H3/t15-,16-,17-,18-/m1/s1. The molecule has 0 aromatic heterocycles. The normalized spacial score (nSPS) is 28.2. The third-order valence-electron chi connectivity index (χ3n) is 4.91. The van der Waals surface area contributed by atoms with Crippen LogP contribution < -0.4 is 4.74 Å². The van der Waals surface area contributed by atoms with Crippen molar-refractivity contribution in [3.05, 3.63) is 24.3 Å². The Bertz CT molecular complexity index is 947. The van der Waals surface area contributed by atoms with Gasteiger partial charge in [-0.1, -0.05) is 5.92 Å². The number of aliphatic hydroxyl groups excluding tert-OH is 1. The third-order valence-corrected chi connectivity index (χ3v) is 6.77. The highest BCUT2D eigenvalue weighted by molar-refractivity contribution is 7.89. The van der Waals surface area contributed by atoms with E-state index in [0.717, 1.165) is 11.4 Å². The molecule has 0 amide bonds. The molecule has 2 fully saturated rings. The van der Waals surface area contributed by atoms with Crippen molar-refractivity contribution in [2.45, 2.75) is 55.8 Å². The highest BCUT2D eigenvalue weighted by Gasteiger charge is 2.57. The largest absolute Gasteiger partial charge is 0.481 e. The average molecular weight is 439 g/mol. The van der Waals surface area contributed by atoms with E-state index in [-0.39, 0.29) is 18.0 Å². The lowest BCUT2D eigenvalue weighted by Gasteiger charge is -2.40. The third kappa shape index (κ3) is 4.31. The van der Waals surface area contributed by atoms with E-state index in [2.05, 4.69) is 11.8 Å². The molecule has 2 aliphatic heterocycles. The number of sulfonamides is 1. The van der Waals surface area contributed by atoms with Crippen LogP contribution in [0.2, 0.25) is 0 Å². The molecule has 4 atom stereocenters. The molecular weight excluding hydrogens is 414 g/mol. The van der Waals surface area contributed by atoms with Gasteiger partial charge >= 0.3 is 5.97 Å². The van der Waals surface area contributed by atoms with Crippen LogP contribution in [-0.2, 0) is 29.0 Å². The molecule has 0 spiro atoms. The van der Waals surface area contributed by atoms with Gasteiger partial charge in [-0.25, -0.2) is 8.42 Å². The zero-order valence-electron chi connectivity index (χ0n) is 17.2. The van der Waals surface area contributed by atoms with E-state index < -0.39 is 46.1 Å². The van der Waals surface area contributed by atoms with E-state index in [4.69, 9.17) is 18.9 Å². The zero-order chi connectivity index (χ0) is 22.1. The van der Waals surface area contributed by atoms with Gasteiger partial charge in [0, 0.05) is 6.54 Å². The van der Waals surface area contributed by atoms with Crippen LogP contribution in [0.3, 0.4) is 0 Å². The monoisotopic (exact) mass is 439 g/mol. The summed E-state index contributed by atoms with van der Waals surface area (Å²) in [6.07, 6.45) is -3.05. The van der Waals surface area contributed by atoms with Crippen LogP contribution in [0.15, 0.2) is 29.2 Å². The molecule has 1 aromatic rings. The molecule has 164 valence electrons. The Labute approximate surface area is 175 Å². The number of ether oxygens (including phenoxy) is 4. The smallest absolute Gasteiger partial charge is 0.326 e. The number of piperidine rings is 1. The molecule has 9 nitrogen and oxygen atoms in total. The molecule has 2 saturated heterocycles. The Kier molecular flexibility index (Phi) is 6.40. The van der Waals surface area contributed by atoms with E-state index in [1.165, 1.54) is 24.3 Å². The summed E-state index contributed by atoms with van der Waals surface area (Å²) in [6.45, 7) is 5.02. The van der Waals surface area contributed by atoms with Crippen molar-refractivity contribution in [1.82, 2.24) is 4.31 Å². The molecule has 0 unspecified atom stereocenters. The predicted molar refractivity (Wildman–Crippen MR) is 105 cm³/mol. The molecule has 2 aliphatic rings. The average Bonchev–Trinajstić information content (AvgIpc) is 3.02. The number of carbonyl (C=O) groups excluding carboxylic acids is 1. The first-order valence-electron chi connectivity index (χ1n) is 9.36. The Morgan fingerprint density at radius 3 is 2.57 bits per heavy atom. The maximum atomic E-state index is 13.3. The van der Waals surface area contributed by atoms with Crippen molar-refractivity contribution >= 4 is 16.0 Å². The minimum Gasteiger partial charge on any atom is -0.481 e. The van der Waals surface area contributed by atoms with Crippen molar-refractivity contribution in [3.8, 4) is 17.6 Å². The molecule has 2 heterocycles. The lowest BCUT2D eigenvalue weighted by atomic mass is 9.96. The van der Waals surface area contributed by atoms with Crippen LogP contribution in [0.5, 0.6) is 5.75 Å². The van der Waals surface area contributed by atoms with Crippen molar-refractivity contribution in [3.63, 3.8) is 0 Å². The minimum absolute atomic E-state index is 0.0610. The van der Waals surface area contributed by atoms with Gasteiger partial charge < -0.3 is 24.1 Å². The second kappa shape index (κ2) is 8.53. The highest BCUT2D eigenvalue weighted by Crippen LogP contribution is 2.38. The Balaban J connectivity index is 1.91. The number of hydrogen-bond donors (Lipinski definition) is 1.